The van der Waals surface area contributed by atoms with E-state index >= 15 is 0 Å². The molecule has 440 valence electrons. The predicted octanol–water partition coefficient (Wildman–Crippen LogP) is 8.55. The van der Waals surface area contributed by atoms with Crippen LogP contribution in [0.25, 0.3) is 5.57 Å². The smallest absolute Gasteiger partial charge is 0.294 e. The molecule has 1 saturated heterocycles. The quantitative estimate of drug-likeness (QED) is 0.0230. The van der Waals surface area contributed by atoms with Crippen molar-refractivity contribution in [3.63, 3.8) is 0 Å². The normalized spacial score (nSPS) is 19.5. The van der Waals surface area contributed by atoms with Crippen LogP contribution in [0.3, 0.4) is 0 Å². The van der Waals surface area contributed by atoms with E-state index in [2.05, 4.69) is 11.4 Å². The Balaban J connectivity index is 1.25. The minimum absolute atomic E-state index is 0.0437. The first-order chi connectivity index (χ1) is 37.8. The topological polar surface area (TPSA) is 290 Å². The maximum atomic E-state index is 12.9. The minimum atomic E-state index is -4.57. The maximum Gasteiger partial charge on any atom is 0.294 e. The molecule has 3 heterocycles. The Morgan fingerprint density at radius 3 is 2.02 bits per heavy atom. The molecule has 5 N–H and O–H groups in total. The average molecular weight is 1200 g/mol. The summed E-state index contributed by atoms with van der Waals surface area (Å²) in [6, 6.07) is 16.9. The monoisotopic (exact) mass is 1200 g/mol. The third-order valence-corrected chi connectivity index (χ3v) is 19.2. The maximum absolute atomic E-state index is 12.9. The Bertz CT molecular complexity index is 3600. The third kappa shape index (κ3) is 15.3. The molecule has 1 aliphatic carbocycles. The van der Waals surface area contributed by atoms with Crippen LogP contribution in [0.1, 0.15) is 134 Å². The van der Waals surface area contributed by atoms with Crippen molar-refractivity contribution in [1.82, 2.24) is 10.2 Å². The summed E-state index contributed by atoms with van der Waals surface area (Å²) in [5.41, 5.74) is 7.31. The predicted molar refractivity (Wildman–Crippen MR) is 310 cm³/mol. The Morgan fingerprint density at radius 2 is 1.38 bits per heavy atom. The second kappa shape index (κ2) is 25.1. The summed E-state index contributed by atoms with van der Waals surface area (Å²) in [7, 11) is -17.6. The van der Waals surface area contributed by atoms with Gasteiger partial charge < -0.3 is 10.2 Å². The number of allylic oxidation sites excluding steroid dienone is 8. The van der Waals surface area contributed by atoms with Crippen LogP contribution in [0.5, 0.6) is 0 Å². The minimum Gasteiger partial charge on any atom is -0.354 e. The lowest BCUT2D eigenvalue weighted by atomic mass is 9.79. The van der Waals surface area contributed by atoms with Gasteiger partial charge >= 0.3 is 0 Å². The lowest BCUT2D eigenvalue weighted by molar-refractivity contribution is -0.438. The first-order valence-corrected chi connectivity index (χ1v) is 33.5. The summed E-state index contributed by atoms with van der Waals surface area (Å²) >= 11 is 0. The summed E-state index contributed by atoms with van der Waals surface area (Å²) in [5.74, 6) is -1.78. The van der Waals surface area contributed by atoms with Gasteiger partial charge in [0.05, 0.1) is 26.7 Å². The fourth-order valence-corrected chi connectivity index (χ4v) is 13.7. The van der Waals surface area contributed by atoms with Crippen molar-refractivity contribution >= 4 is 80.9 Å². The Kier molecular flexibility index (Phi) is 19.5. The highest BCUT2D eigenvalue weighted by atomic mass is 32.2. The molecule has 0 aromatic heterocycles. The number of fused-ring (bicyclic) bond motifs is 2. The van der Waals surface area contributed by atoms with Crippen LogP contribution in [0, 0.1) is 11.8 Å². The van der Waals surface area contributed by atoms with Gasteiger partial charge in [0.1, 0.15) is 6.54 Å². The first-order valence-electron chi connectivity index (χ1n) is 27.4. The molecule has 3 aromatic carbocycles. The van der Waals surface area contributed by atoms with Gasteiger partial charge in [0, 0.05) is 79.3 Å². The highest BCUT2D eigenvalue weighted by Crippen LogP contribution is 2.49. The van der Waals surface area contributed by atoms with Crippen molar-refractivity contribution in [2.24, 2.45) is 11.8 Å². The van der Waals surface area contributed by atoms with Crippen LogP contribution >= 0.6 is 0 Å². The summed E-state index contributed by atoms with van der Waals surface area (Å²) in [5, 5.41) is 2.85. The SMILES string of the molecule is CC(C)C1CC(=O)N(CCNC(=O)CCCCc2cccc(C3=C(/C=C/C4=[N+](CCCCS(=O)(=O)O)c5ccc(S(=O)(=O)O)cc5C4(C)C)CCC/C3=C/C=C3\N(CCCCS(=O)(=O)O)c4ccc(S(=O)(=O)O)cc4C3(C)C)c2)C1=O. The van der Waals surface area contributed by atoms with E-state index in [1.165, 1.54) is 29.2 Å². The van der Waals surface area contributed by atoms with E-state index in [-0.39, 0.29) is 78.1 Å². The molecular formula is C58H75N4O15S4+. The second-order valence-electron chi connectivity index (χ2n) is 22.8. The number of anilines is 1. The molecule has 3 aromatic rings. The zero-order valence-electron chi connectivity index (χ0n) is 46.7. The van der Waals surface area contributed by atoms with Crippen molar-refractivity contribution in [3.05, 3.63) is 124 Å². The van der Waals surface area contributed by atoms with E-state index in [0.29, 0.717) is 80.5 Å². The summed E-state index contributed by atoms with van der Waals surface area (Å²) in [6.07, 6.45) is 13.5. The second-order valence-corrected chi connectivity index (χ2v) is 28.7. The van der Waals surface area contributed by atoms with Gasteiger partial charge in [-0.25, -0.2) is 0 Å². The molecule has 7 rings (SSSR count). The molecule has 0 spiro atoms. The Labute approximate surface area is 477 Å². The van der Waals surface area contributed by atoms with Crippen LogP contribution < -0.4 is 10.2 Å². The molecule has 1 fully saturated rings. The third-order valence-electron chi connectivity index (χ3n) is 15.9. The molecule has 0 saturated carbocycles. The summed E-state index contributed by atoms with van der Waals surface area (Å²) in [4.78, 5) is 40.8. The van der Waals surface area contributed by atoms with E-state index in [4.69, 9.17) is 0 Å². The molecule has 1 atom stereocenters. The molecule has 0 radical (unpaired) electrons. The summed E-state index contributed by atoms with van der Waals surface area (Å²) < 4.78 is 137. The van der Waals surface area contributed by atoms with Crippen LogP contribution in [-0.2, 0) is 72.1 Å². The zero-order valence-corrected chi connectivity index (χ0v) is 50.0. The lowest BCUT2D eigenvalue weighted by Crippen LogP contribution is -2.38. The van der Waals surface area contributed by atoms with Gasteiger partial charge in [0.2, 0.25) is 23.4 Å². The fourth-order valence-electron chi connectivity index (χ4n) is 11.6. The number of amides is 3. The molecule has 3 amide bonds. The van der Waals surface area contributed by atoms with Crippen molar-refractivity contribution in [2.45, 2.75) is 139 Å². The van der Waals surface area contributed by atoms with E-state index in [9.17, 15) is 66.3 Å². The van der Waals surface area contributed by atoms with Crippen LogP contribution in [0.2, 0.25) is 0 Å². The number of unbranched alkanes of at least 4 members (excludes halogenated alkanes) is 3. The van der Waals surface area contributed by atoms with E-state index < -0.39 is 62.8 Å². The van der Waals surface area contributed by atoms with Gasteiger partial charge in [-0.15, -0.1) is 0 Å². The van der Waals surface area contributed by atoms with E-state index in [0.717, 1.165) is 45.7 Å². The van der Waals surface area contributed by atoms with Crippen molar-refractivity contribution in [2.75, 3.05) is 42.6 Å². The number of likely N-dealkylation sites (tertiary alicyclic amines) is 1. The number of nitrogens with zero attached hydrogens (tertiary/aromatic N) is 3. The number of nitrogens with one attached hydrogen (secondary N) is 1. The average Bonchev–Trinajstić information content (AvgIpc) is 2.99. The molecule has 1 unspecified atom stereocenters. The number of rotatable bonds is 25. The van der Waals surface area contributed by atoms with Gasteiger partial charge in [0.25, 0.3) is 40.5 Å². The Morgan fingerprint density at radius 1 is 0.728 bits per heavy atom. The molecule has 0 bridgehead atoms. The van der Waals surface area contributed by atoms with Crippen molar-refractivity contribution in [1.29, 1.82) is 0 Å². The van der Waals surface area contributed by atoms with Gasteiger partial charge in [0.15, 0.2) is 5.71 Å². The number of benzene rings is 3. The molecular weight excluding hydrogens is 1120 g/mol. The highest BCUT2D eigenvalue weighted by molar-refractivity contribution is 7.86. The van der Waals surface area contributed by atoms with E-state index in [1.54, 1.807) is 12.1 Å². The number of hydrogen-bond acceptors (Lipinski definition) is 12. The first kappa shape index (κ1) is 62.9. The molecule has 23 heteroatoms. The molecule has 3 aliphatic heterocycles. The zero-order chi connectivity index (χ0) is 59.5. The molecule has 81 heavy (non-hydrogen) atoms. The standard InChI is InChI=1S/C58H74N4O15S4/c1-39(2)46-38-54(64)62(56(46)65)32-29-59-53(63)20-8-7-15-40-16-13-19-43(35-40)55-41(21-27-51-57(3,4)47-36-44(80(72,73)74)23-25-49(47)60(51)30-9-11-33-78(66,67)68)17-14-18-42(55)22-28-52-58(5,6)48-37-45(81(75,76)77)24-26-50(48)61(52)31-10-12-34-79(69,70)71/h13,16,19,21-28,35-37,39,46H,7-12,14-15,17-18,20,29-34,38H2,1-6H3,(H4-,59,63,66,67,68,69,70,71,72,73,74,75,76,77)/p+1. The Hall–Kier alpha value is -5.66. The van der Waals surface area contributed by atoms with Gasteiger partial charge in [-0.1, -0.05) is 64.1 Å². The number of imide groups is 1. The molecule has 19 nitrogen and oxygen atoms in total. The van der Waals surface area contributed by atoms with E-state index in [1.807, 2.05) is 93.5 Å². The van der Waals surface area contributed by atoms with Crippen molar-refractivity contribution in [3.8, 4) is 0 Å². The van der Waals surface area contributed by atoms with Crippen LogP contribution in [0.4, 0.5) is 11.4 Å². The highest BCUT2D eigenvalue weighted by Gasteiger charge is 2.46. The van der Waals surface area contributed by atoms with Crippen molar-refractivity contribution < 1.29 is 70.8 Å². The number of carbonyl (C=O) groups is 3. The number of hydrogen-bond donors (Lipinski definition) is 5. The van der Waals surface area contributed by atoms with Gasteiger partial charge in [-0.05, 0) is 147 Å². The lowest BCUT2D eigenvalue weighted by Gasteiger charge is -2.28. The number of aryl methyl sites for hydroxylation is 1. The van der Waals surface area contributed by atoms with Gasteiger partial charge in [-0.3, -0.25) is 37.5 Å². The molecule has 4 aliphatic rings. The van der Waals surface area contributed by atoms with Gasteiger partial charge in [-0.2, -0.15) is 38.2 Å². The summed E-state index contributed by atoms with van der Waals surface area (Å²) in [6.45, 7) is 12.5. The van der Waals surface area contributed by atoms with Crippen LogP contribution in [-0.4, -0.2) is 122 Å². The largest absolute Gasteiger partial charge is 0.354 e. The fraction of sp³-hybridized carbons (Fsp3) is 0.483. The van der Waals surface area contributed by atoms with Crippen LogP contribution in [0.15, 0.2) is 112 Å². The number of carbonyl (C=O) groups excluding carboxylic acids is 3.